The van der Waals surface area contributed by atoms with Crippen molar-refractivity contribution >= 4 is 75.1 Å². The minimum atomic E-state index is -1.85. The number of rotatable bonds is 6. The van der Waals surface area contributed by atoms with E-state index in [-0.39, 0.29) is 5.11 Å². The smallest absolute Gasteiger partial charge is 0.252 e. The fraction of sp³-hybridized carbons (Fsp3) is 0.130. The fourth-order valence-electron chi connectivity index (χ4n) is 2.64. The number of benzene rings is 3. The normalized spacial score (nSPS) is 12.2. The molecule has 0 spiro atoms. The monoisotopic (exact) mass is 519 g/mol. The Hall–Kier alpha value is -2.71. The number of carbonyl (C=O) groups is 1. The van der Waals surface area contributed by atoms with E-state index in [0.29, 0.717) is 16.9 Å². The molecule has 0 radical (unpaired) electrons. The molecule has 0 aromatic heterocycles. The lowest BCUT2D eigenvalue weighted by atomic mass is 10.1. The summed E-state index contributed by atoms with van der Waals surface area (Å²) in [5.74, 6) is -0.408. The quantitative estimate of drug-likeness (QED) is 0.144. The summed E-state index contributed by atoms with van der Waals surface area (Å²) in [6.45, 7) is 1.93. The SMILES string of the molecule is Cc1ccc(C(=O)N[C@@H](NC(=S)Nc2ccc(N=Nc3ccccc3)cc2)C(Cl)(Cl)Cl)cc1. The average molecular weight is 521 g/mol. The van der Waals surface area contributed by atoms with Crippen LogP contribution in [0.1, 0.15) is 15.9 Å². The van der Waals surface area contributed by atoms with Gasteiger partial charge in [-0.2, -0.15) is 10.2 Å². The second-order valence-corrected chi connectivity index (χ2v) is 9.77. The maximum Gasteiger partial charge on any atom is 0.252 e. The molecule has 0 bridgehead atoms. The van der Waals surface area contributed by atoms with Crippen LogP contribution in [0, 0.1) is 6.92 Å². The largest absolute Gasteiger partial charge is 0.339 e. The van der Waals surface area contributed by atoms with Crippen LogP contribution >= 0.6 is 47.0 Å². The molecule has 0 aliphatic carbocycles. The molecule has 1 amide bonds. The molecule has 3 aromatic carbocycles. The van der Waals surface area contributed by atoms with Gasteiger partial charge in [-0.05, 0) is 67.7 Å². The number of hydrogen-bond acceptors (Lipinski definition) is 4. The fourth-order valence-corrected chi connectivity index (χ4v) is 3.20. The van der Waals surface area contributed by atoms with Crippen LogP contribution in [0.5, 0.6) is 0 Å². The zero-order chi connectivity index (χ0) is 23.8. The lowest BCUT2D eigenvalue weighted by molar-refractivity contribution is 0.0934. The summed E-state index contributed by atoms with van der Waals surface area (Å²) >= 11 is 23.5. The van der Waals surface area contributed by atoms with E-state index in [4.69, 9.17) is 47.0 Å². The Labute approximate surface area is 212 Å². The van der Waals surface area contributed by atoms with Gasteiger partial charge in [0, 0.05) is 11.3 Å². The Kier molecular flexibility index (Phi) is 8.63. The van der Waals surface area contributed by atoms with E-state index in [2.05, 4.69) is 26.2 Å². The molecule has 170 valence electrons. The van der Waals surface area contributed by atoms with E-state index in [9.17, 15) is 4.79 Å². The second kappa shape index (κ2) is 11.4. The van der Waals surface area contributed by atoms with Crippen molar-refractivity contribution in [1.29, 1.82) is 0 Å². The molecule has 0 fully saturated rings. The van der Waals surface area contributed by atoms with Gasteiger partial charge in [0.25, 0.3) is 5.91 Å². The maximum atomic E-state index is 12.5. The van der Waals surface area contributed by atoms with Gasteiger partial charge < -0.3 is 16.0 Å². The number of anilines is 1. The predicted octanol–water partition coefficient (Wildman–Crippen LogP) is 6.82. The molecule has 33 heavy (non-hydrogen) atoms. The summed E-state index contributed by atoms with van der Waals surface area (Å²) in [6.07, 6.45) is -1.07. The number of carbonyl (C=O) groups excluding carboxylic acids is 1. The highest BCUT2D eigenvalue weighted by molar-refractivity contribution is 7.80. The number of halogens is 3. The van der Waals surface area contributed by atoms with Crippen molar-refractivity contribution in [2.45, 2.75) is 16.9 Å². The zero-order valence-corrected chi connectivity index (χ0v) is 20.5. The summed E-state index contributed by atoms with van der Waals surface area (Å²) in [6, 6.07) is 23.6. The Morgan fingerprint density at radius 2 is 1.42 bits per heavy atom. The highest BCUT2D eigenvalue weighted by Crippen LogP contribution is 2.29. The molecule has 0 aliphatic heterocycles. The van der Waals surface area contributed by atoms with Crippen LogP contribution in [0.2, 0.25) is 0 Å². The van der Waals surface area contributed by atoms with Crippen LogP contribution in [-0.2, 0) is 0 Å². The summed E-state index contributed by atoms with van der Waals surface area (Å²) in [7, 11) is 0. The molecule has 3 aromatic rings. The Morgan fingerprint density at radius 1 is 0.848 bits per heavy atom. The number of thiocarbonyl (C=S) groups is 1. The van der Waals surface area contributed by atoms with E-state index < -0.39 is 15.9 Å². The lowest BCUT2D eigenvalue weighted by Crippen LogP contribution is -2.56. The second-order valence-electron chi connectivity index (χ2n) is 6.99. The highest BCUT2D eigenvalue weighted by Gasteiger charge is 2.34. The molecule has 1 atom stereocenters. The summed E-state index contributed by atoms with van der Waals surface area (Å²) in [5, 5.41) is 17.0. The van der Waals surface area contributed by atoms with Gasteiger partial charge in [0.1, 0.15) is 6.17 Å². The lowest BCUT2D eigenvalue weighted by Gasteiger charge is -2.27. The molecule has 0 unspecified atom stereocenters. The number of nitrogens with one attached hydrogen (secondary N) is 3. The van der Waals surface area contributed by atoms with Crippen molar-refractivity contribution in [3.05, 3.63) is 90.0 Å². The standard InChI is InChI=1S/C23H20Cl3N5OS/c1-15-7-9-16(10-8-15)20(32)28-21(23(24,25)26)29-22(33)27-17-11-13-19(14-12-17)31-30-18-5-3-2-4-6-18/h2-14,21H,1H3,(H,28,32)(H2,27,29,33)/t21-/m0/s1. The summed E-state index contributed by atoms with van der Waals surface area (Å²) in [5.41, 5.74) is 3.57. The zero-order valence-electron chi connectivity index (χ0n) is 17.4. The Morgan fingerprint density at radius 3 is 2.00 bits per heavy atom. The number of amides is 1. The van der Waals surface area contributed by atoms with Crippen molar-refractivity contribution in [3.8, 4) is 0 Å². The van der Waals surface area contributed by atoms with Gasteiger partial charge in [-0.3, -0.25) is 4.79 Å². The first-order chi connectivity index (χ1) is 15.7. The van der Waals surface area contributed by atoms with Gasteiger partial charge in [-0.25, -0.2) is 0 Å². The van der Waals surface area contributed by atoms with E-state index in [1.165, 1.54) is 0 Å². The Balaban J connectivity index is 1.60. The molecule has 0 heterocycles. The minimum absolute atomic E-state index is 0.161. The predicted molar refractivity (Wildman–Crippen MR) is 139 cm³/mol. The number of hydrogen-bond donors (Lipinski definition) is 3. The number of nitrogens with zero attached hydrogens (tertiary/aromatic N) is 2. The van der Waals surface area contributed by atoms with Crippen molar-refractivity contribution in [2.24, 2.45) is 10.2 Å². The molecule has 0 saturated heterocycles. The topological polar surface area (TPSA) is 77.9 Å². The molecular weight excluding hydrogens is 501 g/mol. The van der Waals surface area contributed by atoms with Crippen LogP contribution in [0.15, 0.2) is 89.1 Å². The van der Waals surface area contributed by atoms with E-state index >= 15 is 0 Å². The average Bonchev–Trinajstić information content (AvgIpc) is 2.78. The third kappa shape index (κ3) is 7.98. The number of aryl methyl sites for hydroxylation is 1. The van der Waals surface area contributed by atoms with Crippen LogP contribution in [0.4, 0.5) is 17.1 Å². The Bertz CT molecular complexity index is 1120. The van der Waals surface area contributed by atoms with E-state index in [0.717, 1.165) is 11.3 Å². The van der Waals surface area contributed by atoms with Gasteiger partial charge in [0.2, 0.25) is 3.79 Å². The van der Waals surface area contributed by atoms with Crippen LogP contribution in [-0.4, -0.2) is 21.0 Å². The van der Waals surface area contributed by atoms with Crippen LogP contribution in [0.3, 0.4) is 0 Å². The third-order valence-electron chi connectivity index (χ3n) is 4.35. The molecule has 0 saturated carbocycles. The van der Waals surface area contributed by atoms with Crippen molar-refractivity contribution in [1.82, 2.24) is 10.6 Å². The van der Waals surface area contributed by atoms with Crippen molar-refractivity contribution in [2.75, 3.05) is 5.32 Å². The molecule has 6 nitrogen and oxygen atoms in total. The van der Waals surface area contributed by atoms with Gasteiger partial charge in [-0.15, -0.1) is 0 Å². The summed E-state index contributed by atoms with van der Waals surface area (Å²) < 4.78 is -1.85. The molecular formula is C23H20Cl3N5OS. The minimum Gasteiger partial charge on any atom is -0.339 e. The van der Waals surface area contributed by atoms with Gasteiger partial charge >= 0.3 is 0 Å². The molecule has 3 rings (SSSR count). The highest BCUT2D eigenvalue weighted by atomic mass is 35.6. The maximum absolute atomic E-state index is 12.5. The van der Waals surface area contributed by atoms with Gasteiger partial charge in [0.15, 0.2) is 5.11 Å². The first kappa shape index (κ1) is 24.9. The number of alkyl halides is 3. The van der Waals surface area contributed by atoms with Crippen LogP contribution in [0.25, 0.3) is 0 Å². The van der Waals surface area contributed by atoms with Crippen molar-refractivity contribution < 1.29 is 4.79 Å². The third-order valence-corrected chi connectivity index (χ3v) is 5.23. The number of azo groups is 1. The first-order valence-corrected chi connectivity index (χ1v) is 11.3. The summed E-state index contributed by atoms with van der Waals surface area (Å²) in [4.78, 5) is 12.5. The van der Waals surface area contributed by atoms with Gasteiger partial charge in [0.05, 0.1) is 11.4 Å². The molecule has 10 heteroatoms. The van der Waals surface area contributed by atoms with Gasteiger partial charge in [-0.1, -0.05) is 70.7 Å². The van der Waals surface area contributed by atoms with Crippen molar-refractivity contribution in [3.63, 3.8) is 0 Å². The first-order valence-electron chi connectivity index (χ1n) is 9.79. The van der Waals surface area contributed by atoms with Crippen LogP contribution < -0.4 is 16.0 Å². The molecule has 3 N–H and O–H groups in total. The van der Waals surface area contributed by atoms with E-state index in [1.807, 2.05) is 49.4 Å². The molecule has 0 aliphatic rings. The van der Waals surface area contributed by atoms with E-state index in [1.54, 1.807) is 36.4 Å².